The highest BCUT2D eigenvalue weighted by Gasteiger charge is 2.20. The van der Waals surface area contributed by atoms with Crippen LogP contribution in [0.2, 0.25) is 0 Å². The maximum Gasteiger partial charge on any atom is 0.220 e. The van der Waals surface area contributed by atoms with Crippen molar-refractivity contribution in [3.05, 3.63) is 35.4 Å². The predicted octanol–water partition coefficient (Wildman–Crippen LogP) is 29.8. The van der Waals surface area contributed by atoms with E-state index in [-0.39, 0.29) is 11.8 Å². The summed E-state index contributed by atoms with van der Waals surface area (Å²) >= 11 is 0. The molecule has 2 amide bonds. The number of hydrogen-bond donors (Lipinski definition) is 2. The van der Waals surface area contributed by atoms with E-state index in [2.05, 4.69) is 100 Å². The summed E-state index contributed by atoms with van der Waals surface area (Å²) in [6.45, 7) is 18.2. The van der Waals surface area contributed by atoms with Gasteiger partial charge in [-0.05, 0) is 98.6 Å². The van der Waals surface area contributed by atoms with Gasteiger partial charge in [-0.3, -0.25) is 9.59 Å². The molecule has 0 heterocycles. The fourth-order valence-electron chi connectivity index (χ4n) is 14.3. The summed E-state index contributed by atoms with van der Waals surface area (Å²) in [4.78, 5) is 26.8. The highest BCUT2D eigenvalue weighted by atomic mass is 16.5. The highest BCUT2D eigenvalue weighted by molar-refractivity contribution is 5.76. The largest absolute Gasteiger partial charge is 0.490 e. The van der Waals surface area contributed by atoms with E-state index in [1.807, 2.05) is 0 Å². The first-order valence-corrected chi connectivity index (χ1v) is 47.0. The van der Waals surface area contributed by atoms with Crippen molar-refractivity contribution in [1.29, 1.82) is 0 Å². The summed E-state index contributed by atoms with van der Waals surface area (Å²) in [5.74, 6) is 16.6. The molecule has 0 aromatic heterocycles. The van der Waals surface area contributed by atoms with Crippen molar-refractivity contribution in [2.45, 2.75) is 478 Å². The van der Waals surface area contributed by atoms with Gasteiger partial charge in [-0.1, -0.05) is 400 Å². The fourth-order valence-corrected chi connectivity index (χ4v) is 14.3. The molecule has 2 aromatic carbocycles. The molecule has 0 fully saturated rings. The van der Waals surface area contributed by atoms with Gasteiger partial charge in [-0.2, -0.15) is 0 Å². The molecule has 0 spiro atoms. The number of carbonyl (C=O) groups excluding carboxylic acids is 2. The van der Waals surface area contributed by atoms with E-state index in [1.54, 1.807) is 0 Å². The Balaban J connectivity index is 2.09. The number of rotatable bonds is 82. The Labute approximate surface area is 668 Å². The average Bonchev–Trinajstić information content (AvgIpc) is 0.831. The first-order chi connectivity index (χ1) is 53.4. The monoisotopic (exact) mass is 1510 g/mol. The number of unbranched alkanes of at least 4 members (excludes halogenated alkanes) is 56. The van der Waals surface area contributed by atoms with E-state index in [0.717, 1.165) is 111 Å². The molecule has 10 nitrogen and oxygen atoms in total. The molecule has 0 bridgehead atoms. The van der Waals surface area contributed by atoms with Crippen LogP contribution in [0.4, 0.5) is 0 Å². The summed E-state index contributed by atoms with van der Waals surface area (Å²) in [7, 11) is 0. The van der Waals surface area contributed by atoms with E-state index in [9.17, 15) is 9.59 Å². The number of amides is 2. The van der Waals surface area contributed by atoms with Crippen LogP contribution in [-0.2, 0) is 22.7 Å². The standard InChI is InChI=1S/C98H172N2O8/c1-7-13-19-25-31-37-45-53-61-69-77-103-91-83-89(84-92(104-78-70-62-54-46-38-32-26-20-14-8-2)97(91)107-81-73-65-57-49-41-35-29-23-17-11-5)87-99-95(101)75-67-59-51-43-44-52-60-68-76-96(102)100-88-90-85-93(105-79-71-63-55-47-39-33-27-21-15-9-3)98(108-82-74-66-58-50-42-36-30-24-18-12-6)94(86-90)106-80-72-64-56-48-40-34-28-22-16-10-4/h83-86H,7-42,45-50,53-82,87-88H2,1-6H3,(H,99,101)(H,100,102). The maximum atomic E-state index is 13.4. The van der Waals surface area contributed by atoms with Crippen LogP contribution in [0.25, 0.3) is 0 Å². The molecule has 0 atom stereocenters. The predicted molar refractivity (Wildman–Crippen MR) is 464 cm³/mol. The zero-order chi connectivity index (χ0) is 77.4. The first kappa shape index (κ1) is 99.4. The van der Waals surface area contributed by atoms with Crippen molar-refractivity contribution in [3.8, 4) is 58.2 Å². The van der Waals surface area contributed by atoms with Gasteiger partial charge >= 0.3 is 0 Å². The molecule has 10 heteroatoms. The van der Waals surface area contributed by atoms with Gasteiger partial charge in [0.25, 0.3) is 0 Å². The van der Waals surface area contributed by atoms with Crippen molar-refractivity contribution in [1.82, 2.24) is 10.6 Å². The van der Waals surface area contributed by atoms with Crippen LogP contribution in [0.1, 0.15) is 476 Å². The van der Waals surface area contributed by atoms with Crippen LogP contribution in [0, 0.1) is 23.7 Å². The lowest BCUT2D eigenvalue weighted by atomic mass is 10.1. The SMILES string of the molecule is CCCCCCCCCCCCOc1cc(CNC(=O)CCCC#CC#CCCCC(=O)NCc2cc(OCCCCCCCCCCCC)c(OCCCCCCCCCCCC)c(OCCCCCCCCCCCC)c2)cc(OCCCCCCCCCCCC)c1OCCCCCCCCCCCC. The molecule has 0 aliphatic heterocycles. The number of hydrogen-bond acceptors (Lipinski definition) is 8. The van der Waals surface area contributed by atoms with E-state index < -0.39 is 0 Å². The zero-order valence-corrected chi connectivity index (χ0v) is 71.9. The topological polar surface area (TPSA) is 114 Å². The Kier molecular flexibility index (Phi) is 72.7. The number of nitrogens with one attached hydrogen (secondary N) is 2. The highest BCUT2D eigenvalue weighted by Crippen LogP contribution is 2.41. The quantitative estimate of drug-likeness (QED) is 0.0497. The Morgan fingerprint density at radius 2 is 0.417 bits per heavy atom. The van der Waals surface area contributed by atoms with Gasteiger partial charge in [0.2, 0.25) is 23.3 Å². The van der Waals surface area contributed by atoms with Gasteiger partial charge in [-0.25, -0.2) is 0 Å². The Bertz CT molecular complexity index is 2190. The minimum atomic E-state index is -0.00863. The second-order valence-corrected chi connectivity index (χ2v) is 31.9. The van der Waals surface area contributed by atoms with E-state index >= 15 is 0 Å². The normalized spacial score (nSPS) is 11.1. The van der Waals surface area contributed by atoms with Crippen LogP contribution < -0.4 is 39.1 Å². The van der Waals surface area contributed by atoms with E-state index in [4.69, 9.17) is 28.4 Å². The third-order valence-electron chi connectivity index (χ3n) is 21.3. The van der Waals surface area contributed by atoms with Gasteiger partial charge in [0.15, 0.2) is 23.0 Å². The molecule has 622 valence electrons. The average molecular weight is 1510 g/mol. The summed E-state index contributed by atoms with van der Waals surface area (Å²) in [5, 5.41) is 6.38. The van der Waals surface area contributed by atoms with Crippen molar-refractivity contribution in [2.75, 3.05) is 39.6 Å². The van der Waals surface area contributed by atoms with Crippen LogP contribution >= 0.6 is 0 Å². The molecular weight excluding hydrogens is 1330 g/mol. The molecule has 0 saturated carbocycles. The molecule has 0 saturated heterocycles. The lowest BCUT2D eigenvalue weighted by Crippen LogP contribution is -2.22. The molecule has 0 unspecified atom stereocenters. The lowest BCUT2D eigenvalue weighted by Gasteiger charge is -2.19. The van der Waals surface area contributed by atoms with Gasteiger partial charge < -0.3 is 39.1 Å². The van der Waals surface area contributed by atoms with E-state index in [1.165, 1.54) is 308 Å². The summed E-state index contributed by atoms with van der Waals surface area (Å²) in [6.07, 6.45) is 79.6. The molecule has 2 rings (SSSR count). The first-order valence-electron chi connectivity index (χ1n) is 47.0. The van der Waals surface area contributed by atoms with Crippen molar-refractivity contribution < 1.29 is 38.0 Å². The Morgan fingerprint density at radius 1 is 0.241 bits per heavy atom. The minimum absolute atomic E-state index is 0.00863. The Morgan fingerprint density at radius 3 is 0.611 bits per heavy atom. The molecular formula is C98H172N2O8. The summed E-state index contributed by atoms with van der Waals surface area (Å²) in [5.41, 5.74) is 1.90. The number of benzene rings is 2. The van der Waals surface area contributed by atoms with Crippen LogP contribution in [-0.4, -0.2) is 51.5 Å². The van der Waals surface area contributed by atoms with E-state index in [0.29, 0.717) is 103 Å². The number of ether oxygens (including phenoxy) is 6. The van der Waals surface area contributed by atoms with Gasteiger partial charge in [0, 0.05) is 38.8 Å². The second-order valence-electron chi connectivity index (χ2n) is 31.9. The number of carbonyl (C=O) groups is 2. The van der Waals surface area contributed by atoms with Crippen molar-refractivity contribution in [2.24, 2.45) is 0 Å². The molecule has 0 radical (unpaired) electrons. The van der Waals surface area contributed by atoms with Crippen LogP contribution in [0.5, 0.6) is 34.5 Å². The smallest absolute Gasteiger partial charge is 0.220 e. The van der Waals surface area contributed by atoms with Crippen molar-refractivity contribution >= 4 is 11.8 Å². The molecule has 0 aliphatic carbocycles. The zero-order valence-electron chi connectivity index (χ0n) is 71.9. The lowest BCUT2D eigenvalue weighted by molar-refractivity contribution is -0.122. The third kappa shape index (κ3) is 61.9. The summed E-state index contributed by atoms with van der Waals surface area (Å²) < 4.78 is 39.9. The Hall–Kier alpha value is -4.70. The van der Waals surface area contributed by atoms with Gasteiger partial charge in [0.05, 0.1) is 39.6 Å². The molecule has 2 N–H and O–H groups in total. The van der Waals surface area contributed by atoms with Crippen molar-refractivity contribution in [3.63, 3.8) is 0 Å². The third-order valence-corrected chi connectivity index (χ3v) is 21.3. The summed E-state index contributed by atoms with van der Waals surface area (Å²) in [6, 6.07) is 8.28. The molecule has 108 heavy (non-hydrogen) atoms. The van der Waals surface area contributed by atoms with Gasteiger partial charge in [-0.15, -0.1) is 0 Å². The minimum Gasteiger partial charge on any atom is -0.490 e. The second kappa shape index (κ2) is 79.0. The molecule has 2 aromatic rings. The fraction of sp³-hybridized carbons (Fsp3) is 0.816. The van der Waals surface area contributed by atoms with Gasteiger partial charge in [0.1, 0.15) is 0 Å². The van der Waals surface area contributed by atoms with Crippen LogP contribution in [0.15, 0.2) is 24.3 Å². The van der Waals surface area contributed by atoms with Crippen LogP contribution in [0.3, 0.4) is 0 Å². The molecule has 0 aliphatic rings. The maximum absolute atomic E-state index is 13.4.